The summed E-state index contributed by atoms with van der Waals surface area (Å²) >= 11 is 0. The molecule has 1 saturated heterocycles. The number of fused-ring (bicyclic) bond motifs is 2. The van der Waals surface area contributed by atoms with E-state index in [9.17, 15) is 34.7 Å². The van der Waals surface area contributed by atoms with Crippen LogP contribution in [0.3, 0.4) is 0 Å². The van der Waals surface area contributed by atoms with E-state index < -0.39 is 22.3 Å². The average Bonchev–Trinajstić information content (AvgIpc) is 3.26. The van der Waals surface area contributed by atoms with Gasteiger partial charge in [-0.25, -0.2) is 0 Å². The Morgan fingerprint density at radius 3 is 2.49 bits per heavy atom. The third-order valence-electron chi connectivity index (χ3n) is 9.17. The molecule has 3 aliphatic rings. The Morgan fingerprint density at radius 2 is 1.84 bits per heavy atom. The lowest BCUT2D eigenvalue weighted by Crippen LogP contribution is -2.46. The van der Waals surface area contributed by atoms with Crippen LogP contribution < -0.4 is 9.80 Å². The molecule has 3 amide bonds. The van der Waals surface area contributed by atoms with Gasteiger partial charge in [0.25, 0.3) is 11.6 Å². The van der Waals surface area contributed by atoms with Gasteiger partial charge in [-0.3, -0.25) is 24.5 Å². The Kier molecular flexibility index (Phi) is 7.98. The predicted octanol–water partition coefficient (Wildman–Crippen LogP) is 3.59. The fraction of sp³-hybridized carbons (Fsp3) is 0.324. The van der Waals surface area contributed by atoms with Crippen molar-refractivity contribution in [3.05, 3.63) is 111 Å². The number of nitro benzene ring substituents is 1. The predicted molar refractivity (Wildman–Crippen MR) is 166 cm³/mol. The van der Waals surface area contributed by atoms with Crippen LogP contribution in [-0.2, 0) is 39.5 Å². The number of benzene rings is 3. The van der Waals surface area contributed by atoms with Crippen molar-refractivity contribution in [2.75, 3.05) is 23.0 Å². The third-order valence-corrected chi connectivity index (χ3v) is 9.17. The summed E-state index contributed by atoms with van der Waals surface area (Å²) in [5.41, 5.74) is 1.78. The van der Waals surface area contributed by atoms with Gasteiger partial charge in [0.2, 0.25) is 11.8 Å². The van der Waals surface area contributed by atoms with Gasteiger partial charge in [0.1, 0.15) is 0 Å². The monoisotopic (exact) mass is 610 g/mol. The Bertz CT molecular complexity index is 1700. The van der Waals surface area contributed by atoms with Gasteiger partial charge in [0.15, 0.2) is 5.60 Å². The number of amides is 3. The number of nitro groups is 1. The third kappa shape index (κ3) is 5.38. The minimum absolute atomic E-state index is 0.00927. The van der Waals surface area contributed by atoms with Crippen LogP contribution in [0.2, 0.25) is 0 Å². The fourth-order valence-electron chi connectivity index (χ4n) is 6.43. The molecular weight excluding hydrogens is 576 g/mol. The van der Waals surface area contributed by atoms with Crippen molar-refractivity contribution in [3.8, 4) is 0 Å². The largest absolute Gasteiger partial charge is 0.394 e. The summed E-state index contributed by atoms with van der Waals surface area (Å²) in [4.78, 5) is 54.8. The second kappa shape index (κ2) is 11.9. The number of aliphatic hydroxyl groups excluding tert-OH is 1. The second-order valence-electron chi connectivity index (χ2n) is 11.8. The molecule has 11 heteroatoms. The molecule has 0 saturated carbocycles. The first kappa shape index (κ1) is 30.2. The van der Waals surface area contributed by atoms with Gasteiger partial charge in [0.05, 0.1) is 29.8 Å². The summed E-state index contributed by atoms with van der Waals surface area (Å²) in [6.07, 6.45) is 4.25. The zero-order chi connectivity index (χ0) is 31.9. The van der Waals surface area contributed by atoms with Crippen molar-refractivity contribution in [1.82, 2.24) is 4.90 Å². The topological polar surface area (TPSA) is 145 Å². The summed E-state index contributed by atoms with van der Waals surface area (Å²) in [7, 11) is 0. The van der Waals surface area contributed by atoms with Gasteiger partial charge in [-0.2, -0.15) is 0 Å². The maximum absolute atomic E-state index is 13.9. The highest BCUT2D eigenvalue weighted by atomic mass is 16.6. The molecule has 0 spiro atoms. The zero-order valence-electron chi connectivity index (χ0n) is 24.8. The Labute approximate surface area is 260 Å². The maximum atomic E-state index is 13.9. The molecule has 3 aromatic carbocycles. The first-order chi connectivity index (χ1) is 21.6. The van der Waals surface area contributed by atoms with E-state index in [1.807, 2.05) is 36.4 Å². The van der Waals surface area contributed by atoms with E-state index in [4.69, 9.17) is 0 Å². The summed E-state index contributed by atoms with van der Waals surface area (Å²) in [5, 5.41) is 33.6. The molecule has 3 atom stereocenters. The van der Waals surface area contributed by atoms with Crippen LogP contribution in [0.25, 0.3) is 0 Å². The lowest BCUT2D eigenvalue weighted by atomic mass is 9.82. The average molecular weight is 611 g/mol. The minimum Gasteiger partial charge on any atom is -0.394 e. The van der Waals surface area contributed by atoms with Crippen LogP contribution in [0.15, 0.2) is 78.9 Å². The van der Waals surface area contributed by atoms with Crippen LogP contribution in [-0.4, -0.2) is 57.0 Å². The molecule has 0 bridgehead atoms. The normalized spacial score (nSPS) is 21.5. The summed E-state index contributed by atoms with van der Waals surface area (Å²) in [6.45, 7) is 2.62. The smallest absolute Gasteiger partial charge is 0.269 e. The molecule has 2 N–H and O–H groups in total. The highest BCUT2D eigenvalue weighted by molar-refractivity contribution is 6.07. The first-order valence-corrected chi connectivity index (χ1v) is 15.0. The molecule has 0 aliphatic carbocycles. The number of nitrogens with zero attached hydrogens (tertiary/aromatic N) is 4. The lowest BCUT2D eigenvalue weighted by Gasteiger charge is -2.36. The van der Waals surface area contributed by atoms with Gasteiger partial charge >= 0.3 is 0 Å². The molecule has 3 aromatic rings. The van der Waals surface area contributed by atoms with Gasteiger partial charge in [-0.05, 0) is 41.3 Å². The Hall–Kier alpha value is -4.87. The Balaban J connectivity index is 1.22. The highest BCUT2D eigenvalue weighted by Crippen LogP contribution is 2.47. The lowest BCUT2D eigenvalue weighted by molar-refractivity contribution is -0.385. The van der Waals surface area contributed by atoms with E-state index in [0.717, 1.165) is 22.4 Å². The van der Waals surface area contributed by atoms with E-state index in [0.29, 0.717) is 31.6 Å². The molecule has 45 heavy (non-hydrogen) atoms. The van der Waals surface area contributed by atoms with Gasteiger partial charge in [-0.15, -0.1) is 0 Å². The summed E-state index contributed by atoms with van der Waals surface area (Å²) in [5.74, 6) is -1.61. The zero-order valence-corrected chi connectivity index (χ0v) is 24.8. The van der Waals surface area contributed by atoms with Crippen molar-refractivity contribution >= 4 is 34.8 Å². The van der Waals surface area contributed by atoms with E-state index >= 15 is 0 Å². The Morgan fingerprint density at radius 1 is 1.11 bits per heavy atom. The molecule has 1 fully saturated rings. The molecule has 3 heterocycles. The number of hydrogen-bond acceptors (Lipinski definition) is 7. The number of hydrogen-bond donors (Lipinski definition) is 2. The number of non-ortho nitro benzene ring substituents is 1. The van der Waals surface area contributed by atoms with Crippen LogP contribution in [0.5, 0.6) is 0 Å². The van der Waals surface area contributed by atoms with Crippen LogP contribution in [0, 0.1) is 16.0 Å². The molecule has 11 nitrogen and oxygen atoms in total. The van der Waals surface area contributed by atoms with Gasteiger partial charge < -0.3 is 24.9 Å². The van der Waals surface area contributed by atoms with Crippen LogP contribution in [0.1, 0.15) is 42.0 Å². The fourth-order valence-corrected chi connectivity index (χ4v) is 6.43. The van der Waals surface area contributed by atoms with E-state index in [1.165, 1.54) is 23.1 Å². The number of carbonyl (C=O) groups excluding carboxylic acids is 3. The standard InChI is InChI=1S/C34H34N4O7/c1-22(5-4-8-31(40)36-20-25-7-3-2-6-24(25)17-28(36)21-39)34(43)29-18-27(38(44)45)13-14-30(29)37(33(34)42)19-23-9-11-26(12-10-23)35-16-15-32(35)41/h2-7,9-14,18,22,28,39,43H,8,15-17,19-21H2,1H3/b5-4+/t22-,28+,34+/m1/s1. The SMILES string of the molecule is C[C@H](/C=C/CC(=O)N1Cc2ccccc2C[C@H]1CO)[C@@]1(O)C(=O)N(Cc2ccc(N3CCC3=O)cc2)c2ccc([N+](=O)[O-])cc21. The second-order valence-corrected chi connectivity index (χ2v) is 11.8. The van der Waals surface area contributed by atoms with Gasteiger partial charge in [0, 0.05) is 55.2 Å². The summed E-state index contributed by atoms with van der Waals surface area (Å²) < 4.78 is 0. The number of carbonyl (C=O) groups is 3. The van der Waals surface area contributed by atoms with Crippen LogP contribution in [0.4, 0.5) is 17.1 Å². The van der Waals surface area contributed by atoms with Crippen molar-refractivity contribution in [3.63, 3.8) is 0 Å². The maximum Gasteiger partial charge on any atom is 0.269 e. The quantitative estimate of drug-likeness (QED) is 0.163. The van der Waals surface area contributed by atoms with Crippen molar-refractivity contribution in [1.29, 1.82) is 0 Å². The number of anilines is 2. The molecule has 6 rings (SSSR count). The number of β-lactam (4-membered cyclic amide) rings is 1. The molecular formula is C34H34N4O7. The van der Waals surface area contributed by atoms with Crippen molar-refractivity contribution < 1.29 is 29.5 Å². The highest BCUT2D eigenvalue weighted by Gasteiger charge is 2.53. The van der Waals surface area contributed by atoms with E-state index in [1.54, 1.807) is 41.0 Å². The van der Waals surface area contributed by atoms with Gasteiger partial charge in [-0.1, -0.05) is 55.5 Å². The van der Waals surface area contributed by atoms with Crippen molar-refractivity contribution in [2.24, 2.45) is 5.92 Å². The molecule has 0 radical (unpaired) electrons. The molecule has 232 valence electrons. The number of aliphatic hydroxyl groups is 2. The first-order valence-electron chi connectivity index (χ1n) is 15.0. The molecule has 0 unspecified atom stereocenters. The van der Waals surface area contributed by atoms with E-state index in [2.05, 4.69) is 0 Å². The molecule has 0 aromatic heterocycles. The summed E-state index contributed by atoms with van der Waals surface area (Å²) in [6, 6.07) is 18.7. The van der Waals surface area contributed by atoms with E-state index in [-0.39, 0.29) is 48.7 Å². The molecule has 3 aliphatic heterocycles. The van der Waals surface area contributed by atoms with Crippen molar-refractivity contribution in [2.45, 2.75) is 50.9 Å². The number of rotatable bonds is 9. The minimum atomic E-state index is -2.11. The van der Waals surface area contributed by atoms with Crippen LogP contribution >= 0.6 is 0 Å².